The number of hydrogen-bond acceptors (Lipinski definition) is 0. The van der Waals surface area contributed by atoms with Crippen molar-refractivity contribution in [2.75, 3.05) is 0 Å². The molecular formula is C4HCl6F3. The molecule has 0 rings (SSSR count). The zero-order chi connectivity index (χ0) is 11.1. The minimum absolute atomic E-state index is 2.10. The Morgan fingerprint density at radius 3 is 1.23 bits per heavy atom. The van der Waals surface area contributed by atoms with Gasteiger partial charge in [-0.25, -0.2) is 0 Å². The Balaban J connectivity index is 4.86. The van der Waals surface area contributed by atoms with Crippen molar-refractivity contribution in [1.82, 2.24) is 0 Å². The van der Waals surface area contributed by atoms with Gasteiger partial charge in [-0.05, 0) is 0 Å². The maximum Gasteiger partial charge on any atom is 0.423 e. The summed E-state index contributed by atoms with van der Waals surface area (Å²) in [6, 6.07) is 0. The fraction of sp³-hybridized carbons (Fsp3) is 1.00. The first-order chi connectivity index (χ1) is 5.40. The van der Waals surface area contributed by atoms with Crippen LogP contribution >= 0.6 is 69.6 Å². The lowest BCUT2D eigenvalue weighted by Gasteiger charge is -2.31. The van der Waals surface area contributed by atoms with Gasteiger partial charge in [-0.3, -0.25) is 0 Å². The molecule has 0 N–H and O–H groups in total. The number of hydrogen-bond donors (Lipinski definition) is 0. The third kappa shape index (κ3) is 3.54. The van der Waals surface area contributed by atoms with Crippen molar-refractivity contribution in [3.63, 3.8) is 0 Å². The van der Waals surface area contributed by atoms with Crippen molar-refractivity contribution >= 4 is 69.6 Å². The smallest absolute Gasteiger partial charge is 0.168 e. The van der Waals surface area contributed by atoms with Crippen LogP contribution in [0, 0.1) is 0 Å². The summed E-state index contributed by atoms with van der Waals surface area (Å²) in [4.78, 5) is 0. The Hall–Kier alpha value is 1.53. The summed E-state index contributed by atoms with van der Waals surface area (Å²) < 4.78 is 30.6. The third-order valence-electron chi connectivity index (χ3n) is 0.984. The normalized spacial score (nSPS) is 17.3. The van der Waals surface area contributed by atoms with E-state index in [-0.39, 0.29) is 0 Å². The standard InChI is InChI=1S/C4HCl6F3/c5-1(3(8,9)10)2(6,7)4(11,12)13/h1H. The van der Waals surface area contributed by atoms with Crippen LogP contribution in [0.15, 0.2) is 0 Å². The van der Waals surface area contributed by atoms with Gasteiger partial charge in [0.05, 0.1) is 0 Å². The van der Waals surface area contributed by atoms with E-state index in [9.17, 15) is 13.2 Å². The molecule has 1 atom stereocenters. The second-order valence-corrected chi connectivity index (χ2v) is 6.22. The Morgan fingerprint density at radius 1 is 0.846 bits per heavy atom. The predicted octanol–water partition coefficient (Wildman–Crippen LogP) is 4.70. The lowest BCUT2D eigenvalue weighted by Crippen LogP contribution is -2.48. The van der Waals surface area contributed by atoms with Crippen molar-refractivity contribution in [2.45, 2.75) is 19.7 Å². The van der Waals surface area contributed by atoms with E-state index in [1.165, 1.54) is 0 Å². The molecule has 0 aromatic heterocycles. The number of rotatable bonds is 1. The van der Waals surface area contributed by atoms with Crippen molar-refractivity contribution in [1.29, 1.82) is 0 Å². The van der Waals surface area contributed by atoms with Gasteiger partial charge in [-0.1, -0.05) is 58.0 Å². The first kappa shape index (κ1) is 14.5. The van der Waals surface area contributed by atoms with Crippen LogP contribution in [0.5, 0.6) is 0 Å². The van der Waals surface area contributed by atoms with Gasteiger partial charge in [0.15, 0.2) is 0 Å². The summed E-state index contributed by atoms with van der Waals surface area (Å²) in [6.07, 6.45) is -4.98. The lowest BCUT2D eigenvalue weighted by atomic mass is 10.3. The molecule has 80 valence electrons. The Kier molecular flexibility index (Phi) is 4.68. The summed E-state index contributed by atoms with van der Waals surface area (Å²) in [7, 11) is 0. The Labute approximate surface area is 102 Å². The highest BCUT2D eigenvalue weighted by Crippen LogP contribution is 2.51. The van der Waals surface area contributed by atoms with E-state index < -0.39 is 19.7 Å². The Bertz CT molecular complexity index is 181. The van der Waals surface area contributed by atoms with Gasteiger partial charge in [0, 0.05) is 0 Å². The van der Waals surface area contributed by atoms with Crippen LogP contribution in [-0.4, -0.2) is 19.7 Å². The fourth-order valence-electron chi connectivity index (χ4n) is 0.349. The highest BCUT2D eigenvalue weighted by Gasteiger charge is 2.62. The maximum absolute atomic E-state index is 12.1. The van der Waals surface area contributed by atoms with Gasteiger partial charge in [-0.2, -0.15) is 13.2 Å². The van der Waals surface area contributed by atoms with E-state index in [0.717, 1.165) is 0 Å². The predicted molar refractivity (Wildman–Crippen MR) is 50.4 cm³/mol. The second kappa shape index (κ2) is 4.18. The quantitative estimate of drug-likeness (QED) is 0.615. The second-order valence-electron chi connectivity index (χ2n) is 2.02. The highest BCUT2D eigenvalue weighted by atomic mass is 35.6. The van der Waals surface area contributed by atoms with Gasteiger partial charge >= 0.3 is 6.18 Å². The average Bonchev–Trinajstić information content (AvgIpc) is 1.81. The molecule has 0 fully saturated rings. The molecule has 0 amide bonds. The minimum atomic E-state index is -4.98. The van der Waals surface area contributed by atoms with E-state index in [4.69, 9.17) is 69.6 Å². The van der Waals surface area contributed by atoms with Gasteiger partial charge in [0.2, 0.25) is 8.13 Å². The number of alkyl halides is 9. The lowest BCUT2D eigenvalue weighted by molar-refractivity contribution is -0.141. The first-order valence-corrected chi connectivity index (χ1v) is 4.88. The van der Waals surface area contributed by atoms with E-state index in [1.807, 2.05) is 0 Å². The number of halogens is 9. The average molecular weight is 319 g/mol. The molecule has 0 aromatic carbocycles. The van der Waals surface area contributed by atoms with Crippen molar-refractivity contribution < 1.29 is 13.2 Å². The van der Waals surface area contributed by atoms with E-state index in [1.54, 1.807) is 0 Å². The van der Waals surface area contributed by atoms with Gasteiger partial charge < -0.3 is 0 Å². The van der Waals surface area contributed by atoms with Crippen LogP contribution in [-0.2, 0) is 0 Å². The molecule has 9 heteroatoms. The topological polar surface area (TPSA) is 0 Å². The van der Waals surface area contributed by atoms with Crippen molar-refractivity contribution in [2.24, 2.45) is 0 Å². The van der Waals surface area contributed by atoms with Gasteiger partial charge in [0.1, 0.15) is 5.38 Å². The van der Waals surface area contributed by atoms with Crippen LogP contribution < -0.4 is 0 Å². The third-order valence-corrected chi connectivity index (χ3v) is 3.72. The van der Waals surface area contributed by atoms with E-state index in [2.05, 4.69) is 0 Å². The van der Waals surface area contributed by atoms with Gasteiger partial charge in [-0.15, -0.1) is 11.6 Å². The molecule has 0 saturated carbocycles. The summed E-state index contributed by atoms with van der Waals surface area (Å²) in [5, 5.41) is -2.10. The summed E-state index contributed by atoms with van der Waals surface area (Å²) in [5.41, 5.74) is 0. The van der Waals surface area contributed by atoms with Crippen LogP contribution in [0.25, 0.3) is 0 Å². The molecule has 0 saturated heterocycles. The molecule has 0 aliphatic heterocycles. The molecular weight excluding hydrogens is 318 g/mol. The minimum Gasteiger partial charge on any atom is -0.168 e. The molecule has 0 aromatic rings. The zero-order valence-electron chi connectivity index (χ0n) is 5.48. The van der Waals surface area contributed by atoms with Crippen LogP contribution in [0.1, 0.15) is 0 Å². The molecule has 1 unspecified atom stereocenters. The maximum atomic E-state index is 12.1. The molecule has 0 heterocycles. The summed E-state index contributed by atoms with van der Waals surface area (Å²) in [5.74, 6) is 0. The van der Waals surface area contributed by atoms with Crippen LogP contribution in [0.4, 0.5) is 13.2 Å². The molecule has 13 heavy (non-hydrogen) atoms. The molecule has 0 nitrogen and oxygen atoms in total. The van der Waals surface area contributed by atoms with Crippen molar-refractivity contribution in [3.05, 3.63) is 0 Å². The summed E-state index contributed by atoms with van der Waals surface area (Å²) >= 11 is 30.3. The van der Waals surface area contributed by atoms with Crippen LogP contribution in [0.2, 0.25) is 0 Å². The molecule has 0 bridgehead atoms. The van der Waals surface area contributed by atoms with Crippen LogP contribution in [0.3, 0.4) is 0 Å². The van der Waals surface area contributed by atoms with E-state index in [0.29, 0.717) is 0 Å². The zero-order valence-corrected chi connectivity index (χ0v) is 10.0. The molecule has 0 aliphatic carbocycles. The first-order valence-electron chi connectivity index (χ1n) is 2.56. The summed E-state index contributed by atoms with van der Waals surface area (Å²) in [6.45, 7) is 0. The largest absolute Gasteiger partial charge is 0.423 e. The molecule has 0 aliphatic rings. The highest BCUT2D eigenvalue weighted by molar-refractivity contribution is 6.72. The van der Waals surface area contributed by atoms with E-state index >= 15 is 0 Å². The fourth-order valence-corrected chi connectivity index (χ4v) is 1.63. The SMILES string of the molecule is FC(F)(F)C(Cl)(Cl)C(Cl)C(Cl)(Cl)Cl. The monoisotopic (exact) mass is 316 g/mol. The van der Waals surface area contributed by atoms with Crippen molar-refractivity contribution in [3.8, 4) is 0 Å². The Morgan fingerprint density at radius 2 is 1.15 bits per heavy atom. The molecule has 0 radical (unpaired) electrons. The van der Waals surface area contributed by atoms with Gasteiger partial charge in [0.25, 0.3) is 0 Å². The molecule has 0 spiro atoms.